The van der Waals surface area contributed by atoms with Gasteiger partial charge in [0.1, 0.15) is 11.9 Å². The first-order valence-electron chi connectivity index (χ1n) is 8.66. The molecule has 134 valence electrons. The van der Waals surface area contributed by atoms with Gasteiger partial charge in [-0.05, 0) is 42.0 Å². The van der Waals surface area contributed by atoms with Gasteiger partial charge >= 0.3 is 0 Å². The Labute approximate surface area is 156 Å². The Morgan fingerprint density at radius 2 is 1.67 bits per heavy atom. The van der Waals surface area contributed by atoms with E-state index >= 15 is 0 Å². The number of fused-ring (bicyclic) bond motifs is 1. The molecule has 3 aromatic carbocycles. The Kier molecular flexibility index (Phi) is 4.42. The summed E-state index contributed by atoms with van der Waals surface area (Å²) in [5.41, 5.74) is 2.53. The molecular weight excluding hydrogens is 343 g/mol. The number of halogens is 1. The number of anilines is 2. The van der Waals surface area contributed by atoms with E-state index in [2.05, 4.69) is 5.32 Å². The number of nitrogens with zero attached hydrogens (tertiary/aromatic N) is 1. The van der Waals surface area contributed by atoms with E-state index in [9.17, 15) is 14.0 Å². The van der Waals surface area contributed by atoms with Gasteiger partial charge in [0.25, 0.3) is 5.91 Å². The SMILES string of the molecule is O=C(Nc1cccc(F)c1)[C@@H]1Cc2ccccc2N1C(=O)c1ccccc1. The first-order valence-corrected chi connectivity index (χ1v) is 8.66. The van der Waals surface area contributed by atoms with Gasteiger partial charge in [0, 0.05) is 23.4 Å². The van der Waals surface area contributed by atoms with Crippen molar-refractivity contribution in [1.82, 2.24) is 0 Å². The predicted molar refractivity (Wildman–Crippen MR) is 102 cm³/mol. The summed E-state index contributed by atoms with van der Waals surface area (Å²) in [4.78, 5) is 27.6. The maximum atomic E-state index is 13.4. The molecule has 3 aromatic rings. The van der Waals surface area contributed by atoms with Crippen LogP contribution in [0.4, 0.5) is 15.8 Å². The van der Waals surface area contributed by atoms with E-state index in [1.807, 2.05) is 30.3 Å². The standard InChI is InChI=1S/C22H17FN2O2/c23-17-10-6-11-18(14-17)24-21(26)20-13-16-9-4-5-12-19(16)25(20)22(27)15-7-2-1-3-8-15/h1-12,14,20H,13H2,(H,24,26)/t20-/m0/s1. The van der Waals surface area contributed by atoms with Crippen LogP contribution in [0.5, 0.6) is 0 Å². The molecule has 0 radical (unpaired) electrons. The van der Waals surface area contributed by atoms with Gasteiger partial charge in [0.05, 0.1) is 0 Å². The second-order valence-electron chi connectivity index (χ2n) is 6.39. The van der Waals surface area contributed by atoms with Crippen LogP contribution in [0.15, 0.2) is 78.9 Å². The van der Waals surface area contributed by atoms with Crippen LogP contribution in [-0.2, 0) is 11.2 Å². The third-order valence-electron chi connectivity index (χ3n) is 4.61. The first-order chi connectivity index (χ1) is 13.1. The van der Waals surface area contributed by atoms with Gasteiger partial charge in [0.2, 0.25) is 5.91 Å². The smallest absolute Gasteiger partial charge is 0.259 e. The van der Waals surface area contributed by atoms with Crippen molar-refractivity contribution < 1.29 is 14.0 Å². The average molecular weight is 360 g/mol. The van der Waals surface area contributed by atoms with Crippen molar-refractivity contribution in [2.24, 2.45) is 0 Å². The molecule has 2 amide bonds. The predicted octanol–water partition coefficient (Wildman–Crippen LogP) is 4.04. The van der Waals surface area contributed by atoms with Gasteiger partial charge in [-0.15, -0.1) is 0 Å². The Hall–Kier alpha value is -3.47. The number of rotatable bonds is 3. The number of hydrogen-bond donors (Lipinski definition) is 1. The number of carbonyl (C=O) groups excluding carboxylic acids is 2. The van der Waals surface area contributed by atoms with Crippen molar-refractivity contribution in [2.45, 2.75) is 12.5 Å². The first kappa shape index (κ1) is 17.0. The van der Waals surface area contributed by atoms with Crippen LogP contribution in [0.1, 0.15) is 15.9 Å². The molecule has 1 atom stereocenters. The normalized spacial score (nSPS) is 15.3. The number of hydrogen-bond acceptors (Lipinski definition) is 2. The van der Waals surface area contributed by atoms with Crippen LogP contribution < -0.4 is 10.2 Å². The number of amides is 2. The van der Waals surface area contributed by atoms with Crippen molar-refractivity contribution in [1.29, 1.82) is 0 Å². The van der Waals surface area contributed by atoms with Crippen LogP contribution in [0.2, 0.25) is 0 Å². The molecule has 0 bridgehead atoms. The van der Waals surface area contributed by atoms with Gasteiger partial charge in [-0.1, -0.05) is 42.5 Å². The molecule has 1 aliphatic rings. The van der Waals surface area contributed by atoms with Crippen molar-refractivity contribution in [3.8, 4) is 0 Å². The van der Waals surface area contributed by atoms with E-state index in [4.69, 9.17) is 0 Å². The molecule has 0 saturated carbocycles. The lowest BCUT2D eigenvalue weighted by atomic mass is 10.1. The Morgan fingerprint density at radius 3 is 2.44 bits per heavy atom. The minimum Gasteiger partial charge on any atom is -0.324 e. The fourth-order valence-electron chi connectivity index (χ4n) is 3.36. The molecule has 0 saturated heterocycles. The van der Waals surface area contributed by atoms with E-state index in [1.54, 1.807) is 30.3 Å². The average Bonchev–Trinajstić information content (AvgIpc) is 3.08. The quantitative estimate of drug-likeness (QED) is 0.766. The third kappa shape index (κ3) is 3.31. The summed E-state index contributed by atoms with van der Waals surface area (Å²) in [6.07, 6.45) is 0.413. The highest BCUT2D eigenvalue weighted by Crippen LogP contribution is 2.34. The lowest BCUT2D eigenvalue weighted by molar-refractivity contribution is -0.117. The van der Waals surface area contributed by atoms with Gasteiger partial charge in [0.15, 0.2) is 0 Å². The molecule has 27 heavy (non-hydrogen) atoms. The van der Waals surface area contributed by atoms with Crippen LogP contribution in [0.25, 0.3) is 0 Å². The van der Waals surface area contributed by atoms with E-state index < -0.39 is 11.9 Å². The second kappa shape index (κ2) is 7.03. The topological polar surface area (TPSA) is 49.4 Å². The summed E-state index contributed by atoms with van der Waals surface area (Å²) in [7, 11) is 0. The van der Waals surface area contributed by atoms with E-state index in [0.29, 0.717) is 17.7 Å². The summed E-state index contributed by atoms with van der Waals surface area (Å²) in [6.45, 7) is 0. The third-order valence-corrected chi connectivity index (χ3v) is 4.61. The highest BCUT2D eigenvalue weighted by atomic mass is 19.1. The number of benzene rings is 3. The Bertz CT molecular complexity index is 1000. The molecule has 0 aromatic heterocycles. The molecule has 4 rings (SSSR count). The summed E-state index contributed by atoms with van der Waals surface area (Å²) in [5, 5.41) is 2.72. The van der Waals surface area contributed by atoms with Crippen LogP contribution in [-0.4, -0.2) is 17.9 Å². The van der Waals surface area contributed by atoms with Gasteiger partial charge in [-0.3, -0.25) is 14.5 Å². The van der Waals surface area contributed by atoms with Gasteiger partial charge in [-0.25, -0.2) is 4.39 Å². The highest BCUT2D eigenvalue weighted by Gasteiger charge is 2.38. The van der Waals surface area contributed by atoms with Crippen LogP contribution in [0.3, 0.4) is 0 Å². The highest BCUT2D eigenvalue weighted by molar-refractivity contribution is 6.13. The number of para-hydroxylation sites is 1. The van der Waals surface area contributed by atoms with Crippen LogP contribution >= 0.6 is 0 Å². The monoisotopic (exact) mass is 360 g/mol. The number of carbonyl (C=O) groups is 2. The largest absolute Gasteiger partial charge is 0.324 e. The van der Waals surface area contributed by atoms with Crippen molar-refractivity contribution >= 4 is 23.2 Å². The zero-order chi connectivity index (χ0) is 18.8. The molecule has 0 spiro atoms. The van der Waals surface area contributed by atoms with E-state index in [0.717, 1.165) is 11.3 Å². The molecule has 1 N–H and O–H groups in total. The summed E-state index contributed by atoms with van der Waals surface area (Å²) < 4.78 is 13.4. The molecule has 1 aliphatic heterocycles. The summed E-state index contributed by atoms with van der Waals surface area (Å²) in [6, 6.07) is 21.4. The zero-order valence-electron chi connectivity index (χ0n) is 14.4. The molecule has 1 heterocycles. The Balaban J connectivity index is 1.66. The van der Waals surface area contributed by atoms with Crippen molar-refractivity contribution in [2.75, 3.05) is 10.2 Å². The van der Waals surface area contributed by atoms with Crippen LogP contribution in [0, 0.1) is 5.82 Å². The second-order valence-corrected chi connectivity index (χ2v) is 6.39. The molecule has 0 fully saturated rings. The zero-order valence-corrected chi connectivity index (χ0v) is 14.4. The minimum atomic E-state index is -0.696. The molecule has 5 heteroatoms. The molecular formula is C22H17FN2O2. The summed E-state index contributed by atoms with van der Waals surface area (Å²) >= 11 is 0. The summed E-state index contributed by atoms with van der Waals surface area (Å²) in [5.74, 6) is -1.01. The minimum absolute atomic E-state index is 0.236. The van der Waals surface area contributed by atoms with E-state index in [1.165, 1.54) is 23.1 Å². The van der Waals surface area contributed by atoms with E-state index in [-0.39, 0.29) is 11.8 Å². The lowest BCUT2D eigenvalue weighted by Gasteiger charge is -2.25. The van der Waals surface area contributed by atoms with Gasteiger partial charge in [-0.2, -0.15) is 0 Å². The maximum Gasteiger partial charge on any atom is 0.259 e. The van der Waals surface area contributed by atoms with Gasteiger partial charge < -0.3 is 5.32 Å². The fourth-order valence-corrected chi connectivity index (χ4v) is 3.36. The number of nitrogens with one attached hydrogen (secondary N) is 1. The maximum absolute atomic E-state index is 13.4. The fraction of sp³-hybridized carbons (Fsp3) is 0.0909. The van der Waals surface area contributed by atoms with Crippen molar-refractivity contribution in [3.05, 3.63) is 95.8 Å². The lowest BCUT2D eigenvalue weighted by Crippen LogP contribution is -2.45. The molecule has 4 nitrogen and oxygen atoms in total. The molecule has 0 aliphatic carbocycles. The van der Waals surface area contributed by atoms with Crippen molar-refractivity contribution in [3.63, 3.8) is 0 Å². The Morgan fingerprint density at radius 1 is 0.926 bits per heavy atom. The molecule has 0 unspecified atom stereocenters.